The number of hydrogen-bond donors (Lipinski definition) is 4. The van der Waals surface area contributed by atoms with Crippen LogP contribution in [-0.2, 0) is 16.0 Å². The van der Waals surface area contributed by atoms with E-state index in [0.29, 0.717) is 5.69 Å². The Morgan fingerprint density at radius 1 is 1.33 bits per heavy atom. The third-order valence-corrected chi connectivity index (χ3v) is 2.45. The Labute approximate surface area is 105 Å². The lowest BCUT2D eigenvalue weighted by atomic mass is 10.1. The van der Waals surface area contributed by atoms with Crippen molar-refractivity contribution in [2.24, 2.45) is 5.73 Å². The first-order valence-corrected chi connectivity index (χ1v) is 5.51. The molecule has 0 aliphatic rings. The molecule has 6 N–H and O–H groups in total. The standard InChI is InChI=1S/C12H17N3O3/c1-7(16)11(12(14)18)15-10(17)6-8-2-4-9(13)5-3-8/h2-5,7,11,16H,6,13H2,1H3,(H2,14,18)(H,15,17). The number of nitrogens with two attached hydrogens (primary N) is 2. The highest BCUT2D eigenvalue weighted by molar-refractivity contribution is 5.87. The van der Waals surface area contributed by atoms with E-state index >= 15 is 0 Å². The van der Waals surface area contributed by atoms with Crippen molar-refractivity contribution in [3.63, 3.8) is 0 Å². The molecule has 2 unspecified atom stereocenters. The van der Waals surface area contributed by atoms with E-state index in [0.717, 1.165) is 5.56 Å². The molecule has 0 spiro atoms. The normalized spacial score (nSPS) is 13.7. The lowest BCUT2D eigenvalue weighted by molar-refractivity contribution is -0.129. The van der Waals surface area contributed by atoms with Crippen LogP contribution in [0.4, 0.5) is 5.69 Å². The van der Waals surface area contributed by atoms with Crippen LogP contribution in [-0.4, -0.2) is 29.1 Å². The van der Waals surface area contributed by atoms with Crippen molar-refractivity contribution < 1.29 is 14.7 Å². The zero-order valence-corrected chi connectivity index (χ0v) is 10.1. The van der Waals surface area contributed by atoms with Crippen LogP contribution in [0, 0.1) is 0 Å². The number of primary amides is 1. The van der Waals surface area contributed by atoms with Gasteiger partial charge in [0.2, 0.25) is 11.8 Å². The van der Waals surface area contributed by atoms with Crippen molar-refractivity contribution in [2.75, 3.05) is 5.73 Å². The van der Waals surface area contributed by atoms with Gasteiger partial charge in [-0.1, -0.05) is 12.1 Å². The molecule has 18 heavy (non-hydrogen) atoms. The molecular weight excluding hydrogens is 234 g/mol. The average Bonchev–Trinajstić information content (AvgIpc) is 2.28. The van der Waals surface area contributed by atoms with Crippen LogP contribution in [0.1, 0.15) is 12.5 Å². The quantitative estimate of drug-likeness (QED) is 0.510. The smallest absolute Gasteiger partial charge is 0.242 e. The predicted octanol–water partition coefficient (Wildman–Crippen LogP) is -0.838. The molecule has 0 saturated carbocycles. The number of rotatable bonds is 5. The molecule has 0 fully saturated rings. The summed E-state index contributed by atoms with van der Waals surface area (Å²) in [6.07, 6.45) is -0.936. The SMILES string of the molecule is CC(O)C(NC(=O)Cc1ccc(N)cc1)C(N)=O. The molecule has 0 aliphatic heterocycles. The van der Waals surface area contributed by atoms with Crippen LogP contribution in [0.3, 0.4) is 0 Å². The van der Waals surface area contributed by atoms with E-state index in [9.17, 15) is 14.7 Å². The minimum atomic E-state index is -1.08. The molecule has 0 bridgehead atoms. The van der Waals surface area contributed by atoms with E-state index in [-0.39, 0.29) is 12.3 Å². The molecule has 1 aromatic rings. The highest BCUT2D eigenvalue weighted by atomic mass is 16.3. The molecule has 0 radical (unpaired) electrons. The number of aliphatic hydroxyl groups excluding tert-OH is 1. The number of hydrogen-bond acceptors (Lipinski definition) is 4. The fraction of sp³-hybridized carbons (Fsp3) is 0.333. The van der Waals surface area contributed by atoms with Crippen molar-refractivity contribution in [2.45, 2.75) is 25.5 Å². The minimum absolute atomic E-state index is 0.0940. The first-order chi connectivity index (χ1) is 8.40. The van der Waals surface area contributed by atoms with Gasteiger partial charge in [0.1, 0.15) is 6.04 Å². The zero-order valence-electron chi connectivity index (χ0n) is 10.1. The van der Waals surface area contributed by atoms with E-state index in [2.05, 4.69) is 5.32 Å². The number of anilines is 1. The second-order valence-corrected chi connectivity index (χ2v) is 4.11. The van der Waals surface area contributed by atoms with Crippen LogP contribution >= 0.6 is 0 Å². The van der Waals surface area contributed by atoms with Gasteiger partial charge in [-0.05, 0) is 24.6 Å². The van der Waals surface area contributed by atoms with E-state index in [4.69, 9.17) is 11.5 Å². The highest BCUT2D eigenvalue weighted by Crippen LogP contribution is 2.06. The van der Waals surface area contributed by atoms with E-state index in [1.54, 1.807) is 24.3 Å². The van der Waals surface area contributed by atoms with Gasteiger partial charge in [0.05, 0.1) is 12.5 Å². The summed E-state index contributed by atoms with van der Waals surface area (Å²) >= 11 is 0. The van der Waals surface area contributed by atoms with E-state index in [1.165, 1.54) is 6.92 Å². The van der Waals surface area contributed by atoms with Gasteiger partial charge in [-0.15, -0.1) is 0 Å². The van der Waals surface area contributed by atoms with Gasteiger partial charge < -0.3 is 21.9 Å². The van der Waals surface area contributed by atoms with E-state index in [1.807, 2.05) is 0 Å². The second-order valence-electron chi connectivity index (χ2n) is 4.11. The lowest BCUT2D eigenvalue weighted by Gasteiger charge is -2.17. The molecule has 0 aromatic heterocycles. The van der Waals surface area contributed by atoms with E-state index < -0.39 is 18.1 Å². The van der Waals surface area contributed by atoms with Crippen LogP contribution in [0.5, 0.6) is 0 Å². The van der Waals surface area contributed by atoms with Crippen LogP contribution in [0.25, 0.3) is 0 Å². The van der Waals surface area contributed by atoms with Crippen molar-refractivity contribution in [3.05, 3.63) is 29.8 Å². The molecule has 0 aliphatic carbocycles. The molecule has 6 nitrogen and oxygen atoms in total. The second kappa shape index (κ2) is 6.02. The first kappa shape index (κ1) is 14.0. The molecule has 0 saturated heterocycles. The van der Waals surface area contributed by atoms with Gasteiger partial charge in [-0.25, -0.2) is 0 Å². The summed E-state index contributed by atoms with van der Waals surface area (Å²) in [7, 11) is 0. The van der Waals surface area contributed by atoms with Crippen molar-refractivity contribution in [1.82, 2.24) is 5.32 Å². The lowest BCUT2D eigenvalue weighted by Crippen LogP contribution is -2.51. The van der Waals surface area contributed by atoms with Gasteiger partial charge in [0.15, 0.2) is 0 Å². The van der Waals surface area contributed by atoms with Crippen LogP contribution < -0.4 is 16.8 Å². The molecule has 1 rings (SSSR count). The van der Waals surface area contributed by atoms with Gasteiger partial charge >= 0.3 is 0 Å². The molecular formula is C12H17N3O3. The van der Waals surface area contributed by atoms with Crippen LogP contribution in [0.15, 0.2) is 24.3 Å². The summed E-state index contributed by atoms with van der Waals surface area (Å²) < 4.78 is 0. The van der Waals surface area contributed by atoms with Crippen molar-refractivity contribution in [1.29, 1.82) is 0 Å². The summed E-state index contributed by atoms with van der Waals surface area (Å²) in [5.74, 6) is -1.15. The number of nitrogen functional groups attached to an aromatic ring is 1. The number of benzene rings is 1. The predicted molar refractivity (Wildman–Crippen MR) is 67.4 cm³/mol. The fourth-order valence-corrected chi connectivity index (χ4v) is 1.47. The monoisotopic (exact) mass is 251 g/mol. The molecule has 2 amide bonds. The summed E-state index contributed by atoms with van der Waals surface area (Å²) in [6, 6.07) is 5.73. The Morgan fingerprint density at radius 2 is 1.89 bits per heavy atom. The Kier molecular flexibility index (Phi) is 4.67. The Bertz CT molecular complexity index is 429. The minimum Gasteiger partial charge on any atom is -0.399 e. The Balaban J connectivity index is 2.60. The number of nitrogens with one attached hydrogen (secondary N) is 1. The molecule has 1 aromatic carbocycles. The third kappa shape index (κ3) is 4.06. The molecule has 6 heteroatoms. The Morgan fingerprint density at radius 3 is 2.33 bits per heavy atom. The van der Waals surface area contributed by atoms with Crippen LogP contribution in [0.2, 0.25) is 0 Å². The van der Waals surface area contributed by atoms with Gasteiger partial charge in [-0.3, -0.25) is 9.59 Å². The average molecular weight is 251 g/mol. The summed E-state index contributed by atoms with van der Waals surface area (Å²) in [5.41, 5.74) is 12.0. The van der Waals surface area contributed by atoms with Gasteiger partial charge in [0, 0.05) is 5.69 Å². The number of carbonyl (C=O) groups is 2. The van der Waals surface area contributed by atoms with Gasteiger partial charge in [-0.2, -0.15) is 0 Å². The Hall–Kier alpha value is -2.08. The maximum atomic E-state index is 11.7. The number of carbonyl (C=O) groups excluding carboxylic acids is 2. The number of aliphatic hydroxyl groups is 1. The largest absolute Gasteiger partial charge is 0.399 e. The summed E-state index contributed by atoms with van der Waals surface area (Å²) in [6.45, 7) is 1.39. The molecule has 0 heterocycles. The summed E-state index contributed by atoms with van der Waals surface area (Å²) in [5, 5.41) is 11.7. The number of amides is 2. The topological polar surface area (TPSA) is 118 Å². The first-order valence-electron chi connectivity index (χ1n) is 5.51. The maximum absolute atomic E-state index is 11.7. The molecule has 98 valence electrons. The van der Waals surface area contributed by atoms with Gasteiger partial charge in [0.25, 0.3) is 0 Å². The highest BCUT2D eigenvalue weighted by Gasteiger charge is 2.22. The summed E-state index contributed by atoms with van der Waals surface area (Å²) in [4.78, 5) is 22.7. The van der Waals surface area contributed by atoms with Crippen molar-refractivity contribution in [3.8, 4) is 0 Å². The maximum Gasteiger partial charge on any atom is 0.242 e. The fourth-order valence-electron chi connectivity index (χ4n) is 1.47. The third-order valence-electron chi connectivity index (χ3n) is 2.45. The molecule has 2 atom stereocenters. The van der Waals surface area contributed by atoms with Crippen molar-refractivity contribution >= 4 is 17.5 Å². The zero-order chi connectivity index (χ0) is 13.7.